The Morgan fingerprint density at radius 3 is 2.86 bits per heavy atom. The van der Waals surface area contributed by atoms with Crippen molar-refractivity contribution in [3.05, 3.63) is 64.1 Å². The number of ether oxygens (including phenoxy) is 1. The van der Waals surface area contributed by atoms with Crippen molar-refractivity contribution in [3.63, 3.8) is 0 Å². The Labute approximate surface area is 172 Å². The number of rotatable bonds is 8. The SMILES string of the molecule is CCOC(=O)c1cnn(-c2nc3ccccc3[nH]2)c1CN[C@@H](CC)c1cccs1. The minimum Gasteiger partial charge on any atom is -0.462 e. The van der Waals surface area contributed by atoms with Crippen LogP contribution >= 0.6 is 11.3 Å². The lowest BCUT2D eigenvalue weighted by molar-refractivity contribution is 0.0524. The summed E-state index contributed by atoms with van der Waals surface area (Å²) in [6, 6.07) is 12.2. The molecule has 8 heteroatoms. The fraction of sp³-hybridized carbons (Fsp3) is 0.286. The molecule has 0 fully saturated rings. The normalized spacial score (nSPS) is 12.3. The predicted molar refractivity (Wildman–Crippen MR) is 113 cm³/mol. The Morgan fingerprint density at radius 2 is 2.14 bits per heavy atom. The number of nitrogens with one attached hydrogen (secondary N) is 2. The number of para-hydroxylation sites is 2. The van der Waals surface area contributed by atoms with Crippen molar-refractivity contribution in [1.29, 1.82) is 0 Å². The van der Waals surface area contributed by atoms with Crippen LogP contribution in [0, 0.1) is 0 Å². The van der Waals surface area contributed by atoms with E-state index in [0.717, 1.165) is 23.1 Å². The minimum atomic E-state index is -0.379. The van der Waals surface area contributed by atoms with Crippen LogP contribution in [0.15, 0.2) is 48.0 Å². The van der Waals surface area contributed by atoms with E-state index in [2.05, 4.69) is 38.8 Å². The zero-order valence-corrected chi connectivity index (χ0v) is 17.2. The Bertz CT molecular complexity index is 1070. The standard InChI is InChI=1S/C21H23N5O2S/c1-3-15(19-10-7-11-29-19)22-13-18-14(20(27)28-4-2)12-23-26(18)21-24-16-8-5-6-9-17(16)25-21/h5-12,15,22H,3-4,13H2,1-2H3,(H,24,25)/t15-/m0/s1. The highest BCUT2D eigenvalue weighted by molar-refractivity contribution is 7.10. The molecular formula is C21H23N5O2S. The smallest absolute Gasteiger partial charge is 0.341 e. The molecule has 0 aliphatic carbocycles. The summed E-state index contributed by atoms with van der Waals surface area (Å²) in [6.45, 7) is 4.71. The van der Waals surface area contributed by atoms with Gasteiger partial charge in [0, 0.05) is 17.5 Å². The maximum Gasteiger partial charge on any atom is 0.341 e. The number of nitrogens with zero attached hydrogens (tertiary/aromatic N) is 3. The number of hydrogen-bond acceptors (Lipinski definition) is 6. The topological polar surface area (TPSA) is 84.8 Å². The lowest BCUT2D eigenvalue weighted by Crippen LogP contribution is -2.23. The van der Waals surface area contributed by atoms with Crippen LogP contribution in [0.1, 0.15) is 47.2 Å². The second-order valence-electron chi connectivity index (χ2n) is 6.57. The van der Waals surface area contributed by atoms with Gasteiger partial charge in [-0.25, -0.2) is 14.5 Å². The van der Waals surface area contributed by atoms with Gasteiger partial charge in [-0.05, 0) is 36.9 Å². The fourth-order valence-corrected chi connectivity index (χ4v) is 4.19. The van der Waals surface area contributed by atoms with Crippen LogP contribution in [0.5, 0.6) is 0 Å². The van der Waals surface area contributed by atoms with E-state index in [1.54, 1.807) is 29.1 Å². The zero-order chi connectivity index (χ0) is 20.2. The maximum atomic E-state index is 12.5. The second kappa shape index (κ2) is 8.59. The summed E-state index contributed by atoms with van der Waals surface area (Å²) in [6.07, 6.45) is 2.49. The van der Waals surface area contributed by atoms with E-state index in [1.165, 1.54) is 4.88 Å². The molecule has 7 nitrogen and oxygen atoms in total. The lowest BCUT2D eigenvalue weighted by Gasteiger charge is -2.16. The fourth-order valence-electron chi connectivity index (χ4n) is 3.30. The summed E-state index contributed by atoms with van der Waals surface area (Å²) in [5.41, 5.74) is 2.93. The van der Waals surface area contributed by atoms with Crippen LogP contribution in [0.2, 0.25) is 0 Å². The van der Waals surface area contributed by atoms with E-state index in [-0.39, 0.29) is 12.0 Å². The number of hydrogen-bond donors (Lipinski definition) is 2. The molecule has 0 bridgehead atoms. The number of thiophene rings is 1. The van der Waals surface area contributed by atoms with E-state index in [4.69, 9.17) is 4.74 Å². The molecule has 0 spiro atoms. The van der Waals surface area contributed by atoms with Gasteiger partial charge < -0.3 is 15.0 Å². The first-order valence-corrected chi connectivity index (χ1v) is 10.5. The van der Waals surface area contributed by atoms with E-state index < -0.39 is 0 Å². The van der Waals surface area contributed by atoms with E-state index >= 15 is 0 Å². The number of imidazole rings is 1. The largest absolute Gasteiger partial charge is 0.462 e. The maximum absolute atomic E-state index is 12.5. The Balaban J connectivity index is 1.69. The van der Waals surface area contributed by atoms with Crippen molar-refractivity contribution >= 4 is 28.3 Å². The Kier molecular flexibility index (Phi) is 5.73. The summed E-state index contributed by atoms with van der Waals surface area (Å²) in [5, 5.41) is 10.1. The average molecular weight is 410 g/mol. The van der Waals surface area contributed by atoms with Gasteiger partial charge in [0.05, 0.1) is 29.5 Å². The highest BCUT2D eigenvalue weighted by Gasteiger charge is 2.22. The first kappa shape index (κ1) is 19.4. The van der Waals surface area contributed by atoms with Gasteiger partial charge in [-0.3, -0.25) is 0 Å². The van der Waals surface area contributed by atoms with E-state index in [9.17, 15) is 4.79 Å². The van der Waals surface area contributed by atoms with Crippen LogP contribution in [-0.4, -0.2) is 32.3 Å². The zero-order valence-electron chi connectivity index (χ0n) is 16.4. The number of aromatic amines is 1. The van der Waals surface area contributed by atoms with Gasteiger partial charge in [0.15, 0.2) is 0 Å². The third-order valence-corrected chi connectivity index (χ3v) is 5.74. The van der Waals surface area contributed by atoms with Crippen LogP contribution in [-0.2, 0) is 11.3 Å². The molecule has 4 aromatic rings. The third kappa shape index (κ3) is 3.94. The van der Waals surface area contributed by atoms with Gasteiger partial charge in [0.1, 0.15) is 5.56 Å². The highest BCUT2D eigenvalue weighted by atomic mass is 32.1. The number of carbonyl (C=O) groups is 1. The molecule has 0 saturated heterocycles. The van der Waals surface area contributed by atoms with Gasteiger partial charge in [-0.15, -0.1) is 11.3 Å². The Hall–Kier alpha value is -2.97. The van der Waals surface area contributed by atoms with Gasteiger partial charge in [-0.1, -0.05) is 25.1 Å². The van der Waals surface area contributed by atoms with Crippen molar-refractivity contribution in [1.82, 2.24) is 25.1 Å². The molecule has 0 aliphatic rings. The van der Waals surface area contributed by atoms with Gasteiger partial charge in [0.25, 0.3) is 0 Å². The summed E-state index contributed by atoms with van der Waals surface area (Å²) < 4.78 is 6.91. The first-order valence-electron chi connectivity index (χ1n) is 9.67. The molecule has 0 amide bonds. The number of fused-ring (bicyclic) bond motifs is 1. The molecule has 0 unspecified atom stereocenters. The summed E-state index contributed by atoms with van der Waals surface area (Å²) in [7, 11) is 0. The predicted octanol–water partition coefficient (Wildman–Crippen LogP) is 4.23. The first-order chi connectivity index (χ1) is 14.2. The quantitative estimate of drug-likeness (QED) is 0.426. The van der Waals surface area contributed by atoms with Crippen molar-refractivity contribution in [2.45, 2.75) is 32.9 Å². The lowest BCUT2D eigenvalue weighted by atomic mass is 10.1. The van der Waals surface area contributed by atoms with Gasteiger partial charge >= 0.3 is 5.97 Å². The molecule has 0 aliphatic heterocycles. The molecule has 3 aromatic heterocycles. The van der Waals surface area contributed by atoms with Crippen molar-refractivity contribution < 1.29 is 9.53 Å². The van der Waals surface area contributed by atoms with Crippen LogP contribution in [0.25, 0.3) is 17.0 Å². The Morgan fingerprint density at radius 1 is 1.28 bits per heavy atom. The van der Waals surface area contributed by atoms with Crippen molar-refractivity contribution in [3.8, 4) is 5.95 Å². The van der Waals surface area contributed by atoms with Gasteiger partial charge in [0.2, 0.25) is 5.95 Å². The summed E-state index contributed by atoms with van der Waals surface area (Å²) in [5.74, 6) is 0.193. The molecule has 2 N–H and O–H groups in total. The number of carbonyl (C=O) groups excluding carboxylic acids is 1. The van der Waals surface area contributed by atoms with Crippen molar-refractivity contribution in [2.75, 3.05) is 6.61 Å². The van der Waals surface area contributed by atoms with Gasteiger partial charge in [-0.2, -0.15) is 5.10 Å². The molecule has 1 atom stereocenters. The molecule has 29 heavy (non-hydrogen) atoms. The molecule has 150 valence electrons. The number of esters is 1. The number of aromatic nitrogens is 4. The van der Waals surface area contributed by atoms with Crippen molar-refractivity contribution in [2.24, 2.45) is 0 Å². The molecule has 0 radical (unpaired) electrons. The molecular weight excluding hydrogens is 386 g/mol. The summed E-state index contributed by atoms with van der Waals surface area (Å²) >= 11 is 1.72. The van der Waals surface area contributed by atoms with Crippen LogP contribution < -0.4 is 5.32 Å². The number of benzene rings is 1. The van der Waals surface area contributed by atoms with Crippen LogP contribution in [0.3, 0.4) is 0 Å². The molecule has 1 aromatic carbocycles. The monoisotopic (exact) mass is 409 g/mol. The third-order valence-electron chi connectivity index (χ3n) is 4.75. The van der Waals surface area contributed by atoms with E-state index in [0.29, 0.717) is 24.7 Å². The molecule has 4 rings (SSSR count). The second-order valence-corrected chi connectivity index (χ2v) is 7.55. The molecule has 3 heterocycles. The summed E-state index contributed by atoms with van der Waals surface area (Å²) in [4.78, 5) is 21.7. The highest BCUT2D eigenvalue weighted by Crippen LogP contribution is 2.23. The molecule has 0 saturated carbocycles. The number of H-pyrrole nitrogens is 1. The van der Waals surface area contributed by atoms with E-state index in [1.807, 2.05) is 30.3 Å². The van der Waals surface area contributed by atoms with Crippen LogP contribution in [0.4, 0.5) is 0 Å². The minimum absolute atomic E-state index is 0.198. The average Bonchev–Trinajstić information content (AvgIpc) is 3.47.